The van der Waals surface area contributed by atoms with Crippen LogP contribution in [0, 0.1) is 29.0 Å². The van der Waals surface area contributed by atoms with Crippen LogP contribution in [0.25, 0.3) is 6.08 Å². The van der Waals surface area contributed by atoms with Gasteiger partial charge < -0.3 is 9.47 Å². The number of thiocarbonyl (C=S) groups is 1. The predicted molar refractivity (Wildman–Crippen MR) is 149 cm³/mol. The molecule has 4 saturated carbocycles. The molecule has 192 valence electrons. The molecule has 1 amide bonds. The summed E-state index contributed by atoms with van der Waals surface area (Å²) in [5.74, 6) is 1.87. The molecular formula is C28H25BrFNO4S2. The number of methoxy groups -OCH3 is 1. The highest BCUT2D eigenvalue weighted by Crippen LogP contribution is 2.60. The molecule has 1 aliphatic heterocycles. The summed E-state index contributed by atoms with van der Waals surface area (Å²) in [5, 5.41) is 0. The molecule has 0 unspecified atom stereocenters. The molecule has 0 spiro atoms. The van der Waals surface area contributed by atoms with Gasteiger partial charge in [-0.25, -0.2) is 4.39 Å². The molecule has 4 bridgehead atoms. The van der Waals surface area contributed by atoms with Gasteiger partial charge in [0.1, 0.15) is 5.82 Å². The summed E-state index contributed by atoms with van der Waals surface area (Å²) >= 11 is 10.2. The van der Waals surface area contributed by atoms with E-state index in [1.165, 1.54) is 67.3 Å². The zero-order valence-corrected chi connectivity index (χ0v) is 23.4. The first-order valence-corrected chi connectivity index (χ1v) is 14.4. The highest BCUT2D eigenvalue weighted by atomic mass is 79.9. The molecule has 1 heterocycles. The molecule has 4 aliphatic carbocycles. The fourth-order valence-electron chi connectivity index (χ4n) is 6.92. The number of nitrogens with zero attached hydrogens (tertiary/aromatic N) is 1. The predicted octanol–water partition coefficient (Wildman–Crippen LogP) is 7.12. The fourth-order valence-corrected chi connectivity index (χ4v) is 8.76. The van der Waals surface area contributed by atoms with Crippen molar-refractivity contribution in [1.82, 2.24) is 0 Å². The summed E-state index contributed by atoms with van der Waals surface area (Å²) in [4.78, 5) is 28.4. The zero-order valence-electron chi connectivity index (χ0n) is 20.2. The molecule has 2 aromatic rings. The molecule has 9 heteroatoms. The van der Waals surface area contributed by atoms with E-state index in [0.717, 1.165) is 19.3 Å². The first kappa shape index (κ1) is 25.1. The van der Waals surface area contributed by atoms with Gasteiger partial charge in [-0.15, -0.1) is 0 Å². The fraction of sp³-hybridized carbons (Fsp3) is 0.393. The number of esters is 1. The van der Waals surface area contributed by atoms with Gasteiger partial charge in [0.2, 0.25) is 0 Å². The summed E-state index contributed by atoms with van der Waals surface area (Å²) in [6.45, 7) is 0. The molecular weight excluding hydrogens is 577 g/mol. The first-order chi connectivity index (χ1) is 17.7. The van der Waals surface area contributed by atoms with Gasteiger partial charge in [-0.1, -0.05) is 24.0 Å². The second-order valence-corrected chi connectivity index (χ2v) is 13.1. The molecule has 0 radical (unpaired) electrons. The van der Waals surface area contributed by atoms with Crippen LogP contribution >= 0.6 is 39.9 Å². The standard InChI is InChI=1S/C28H25BrFNO4S2/c1-34-22-10-15(11-23-25(32)31(27(36)37-23)20-4-2-19(30)3-5-20)9-21(29)24(22)35-26(33)28-12-16-6-17(13-28)8-18(7-16)14-28/h2-5,9-11,16-18H,6-8,12-14H2,1H3/b23-11+. The molecule has 7 rings (SSSR count). The van der Waals surface area contributed by atoms with Crippen LogP contribution in [0.15, 0.2) is 45.8 Å². The molecule has 0 N–H and O–H groups in total. The maximum Gasteiger partial charge on any atom is 0.317 e. The number of hydrogen-bond donors (Lipinski definition) is 0. The lowest BCUT2D eigenvalue weighted by molar-refractivity contribution is -0.161. The number of benzene rings is 2. The first-order valence-electron chi connectivity index (χ1n) is 12.4. The van der Waals surface area contributed by atoms with Gasteiger partial charge in [-0.3, -0.25) is 14.5 Å². The number of hydrogen-bond acceptors (Lipinski definition) is 6. The van der Waals surface area contributed by atoms with E-state index in [-0.39, 0.29) is 23.1 Å². The lowest BCUT2D eigenvalue weighted by atomic mass is 9.49. The van der Waals surface area contributed by atoms with E-state index in [0.29, 0.717) is 54.2 Å². The smallest absolute Gasteiger partial charge is 0.317 e. The monoisotopic (exact) mass is 601 g/mol. The molecule has 0 aromatic heterocycles. The molecule has 0 atom stereocenters. The van der Waals surface area contributed by atoms with Crippen molar-refractivity contribution in [2.75, 3.05) is 12.0 Å². The highest BCUT2D eigenvalue weighted by Gasteiger charge is 2.55. The van der Waals surface area contributed by atoms with Gasteiger partial charge >= 0.3 is 5.97 Å². The SMILES string of the molecule is COc1cc(/C=C2/SC(=S)N(c3ccc(F)cc3)C2=O)cc(Br)c1OC(=O)C12CC3CC(CC(C3)C1)C2. The van der Waals surface area contributed by atoms with E-state index in [4.69, 9.17) is 21.7 Å². The minimum absolute atomic E-state index is 0.154. The van der Waals surface area contributed by atoms with Crippen LogP contribution < -0.4 is 14.4 Å². The number of carbonyl (C=O) groups is 2. The summed E-state index contributed by atoms with van der Waals surface area (Å²) in [6, 6.07) is 9.18. The Labute approximate surface area is 232 Å². The summed E-state index contributed by atoms with van der Waals surface area (Å²) in [5.41, 5.74) is 0.822. The maximum absolute atomic E-state index is 13.5. The lowest BCUT2D eigenvalue weighted by Crippen LogP contribution is -2.51. The average Bonchev–Trinajstić information content (AvgIpc) is 3.12. The average molecular weight is 603 g/mol. The summed E-state index contributed by atoms with van der Waals surface area (Å²) in [7, 11) is 1.53. The second kappa shape index (κ2) is 9.50. The van der Waals surface area contributed by atoms with E-state index in [9.17, 15) is 14.0 Å². The third kappa shape index (κ3) is 4.53. The minimum atomic E-state index is -0.384. The van der Waals surface area contributed by atoms with Crippen LogP contribution in [0.1, 0.15) is 44.1 Å². The normalized spacial score (nSPS) is 29.3. The lowest BCUT2D eigenvalue weighted by Gasteiger charge is -2.55. The number of carbonyl (C=O) groups excluding carboxylic acids is 2. The molecule has 5 fully saturated rings. The van der Waals surface area contributed by atoms with Crippen LogP contribution in [0.2, 0.25) is 0 Å². The Morgan fingerprint density at radius 2 is 1.76 bits per heavy atom. The Kier molecular flexibility index (Phi) is 6.44. The van der Waals surface area contributed by atoms with Crippen LogP contribution in [0.4, 0.5) is 10.1 Å². The Balaban J connectivity index is 1.25. The van der Waals surface area contributed by atoms with E-state index < -0.39 is 0 Å². The Bertz CT molecular complexity index is 1310. The number of rotatable bonds is 5. The van der Waals surface area contributed by atoms with Gasteiger partial charge in [0.05, 0.1) is 27.6 Å². The number of ether oxygens (including phenoxy) is 2. The van der Waals surface area contributed by atoms with Crippen molar-refractivity contribution in [2.24, 2.45) is 23.2 Å². The van der Waals surface area contributed by atoms with E-state index in [1.54, 1.807) is 18.2 Å². The van der Waals surface area contributed by atoms with Crippen molar-refractivity contribution in [1.29, 1.82) is 0 Å². The second-order valence-electron chi connectivity index (χ2n) is 10.6. The molecule has 5 nitrogen and oxygen atoms in total. The largest absolute Gasteiger partial charge is 0.493 e. The van der Waals surface area contributed by atoms with Crippen LogP contribution in [0.3, 0.4) is 0 Å². The number of anilines is 1. The van der Waals surface area contributed by atoms with Gasteiger partial charge in [-0.05, 0) is 120 Å². The van der Waals surface area contributed by atoms with Crippen molar-refractivity contribution < 1.29 is 23.5 Å². The zero-order chi connectivity index (χ0) is 25.9. The van der Waals surface area contributed by atoms with Crippen LogP contribution in [-0.2, 0) is 9.59 Å². The van der Waals surface area contributed by atoms with Gasteiger partial charge in [0, 0.05) is 0 Å². The van der Waals surface area contributed by atoms with E-state index in [2.05, 4.69) is 15.9 Å². The Morgan fingerprint density at radius 3 is 2.35 bits per heavy atom. The quantitative estimate of drug-likeness (QED) is 0.157. The van der Waals surface area contributed by atoms with E-state index >= 15 is 0 Å². The Hall–Kier alpha value is -2.23. The third-order valence-electron chi connectivity index (χ3n) is 8.09. The number of halogens is 2. The maximum atomic E-state index is 13.5. The highest BCUT2D eigenvalue weighted by molar-refractivity contribution is 9.10. The molecule has 2 aromatic carbocycles. The van der Waals surface area contributed by atoms with Crippen LogP contribution in [-0.4, -0.2) is 23.3 Å². The summed E-state index contributed by atoms with van der Waals surface area (Å²) in [6.07, 6.45) is 8.25. The van der Waals surface area contributed by atoms with Gasteiger partial charge in [0.15, 0.2) is 15.8 Å². The van der Waals surface area contributed by atoms with Crippen molar-refractivity contribution in [3.63, 3.8) is 0 Å². The number of thioether (sulfide) groups is 1. The van der Waals surface area contributed by atoms with Gasteiger partial charge in [0.25, 0.3) is 5.91 Å². The summed E-state index contributed by atoms with van der Waals surface area (Å²) < 4.78 is 25.9. The molecule has 37 heavy (non-hydrogen) atoms. The topological polar surface area (TPSA) is 55.8 Å². The van der Waals surface area contributed by atoms with Crippen LogP contribution in [0.5, 0.6) is 11.5 Å². The van der Waals surface area contributed by atoms with Crippen molar-refractivity contribution in [3.8, 4) is 11.5 Å². The van der Waals surface area contributed by atoms with Crippen molar-refractivity contribution >= 4 is 67.9 Å². The molecule has 1 saturated heterocycles. The van der Waals surface area contributed by atoms with Gasteiger partial charge in [-0.2, -0.15) is 0 Å². The van der Waals surface area contributed by atoms with Crippen molar-refractivity contribution in [3.05, 3.63) is 57.2 Å². The third-order valence-corrected chi connectivity index (χ3v) is 9.99. The Morgan fingerprint density at radius 1 is 1.14 bits per heavy atom. The van der Waals surface area contributed by atoms with E-state index in [1.807, 2.05) is 0 Å². The minimum Gasteiger partial charge on any atom is -0.493 e. The number of amides is 1. The van der Waals surface area contributed by atoms with Crippen molar-refractivity contribution in [2.45, 2.75) is 38.5 Å². The molecule has 5 aliphatic rings.